The third kappa shape index (κ3) is 4.19. The fraction of sp³-hybridized carbons (Fsp3) is 0.0500. The summed E-state index contributed by atoms with van der Waals surface area (Å²) >= 11 is 0. The summed E-state index contributed by atoms with van der Waals surface area (Å²) < 4.78 is 68.5. The molecule has 0 atom stereocenters. The first-order chi connectivity index (χ1) is 12.3. The smallest absolute Gasteiger partial charge is 0.289 e. The summed E-state index contributed by atoms with van der Waals surface area (Å²) in [7, 11) is -10.1. The molecule has 142 valence electrons. The maximum Gasteiger partial charge on any atom is 0.311 e. The van der Waals surface area contributed by atoms with E-state index in [4.69, 9.17) is 0 Å². The van der Waals surface area contributed by atoms with Gasteiger partial charge in [0.05, 0.1) is 0 Å². The van der Waals surface area contributed by atoms with Gasteiger partial charge >= 0.3 is 10.2 Å². The molecule has 0 spiro atoms. The highest BCUT2D eigenvalue weighted by Crippen LogP contribution is 3.02. The number of benzene rings is 3. The minimum atomic E-state index is -10.1. The van der Waals surface area contributed by atoms with Gasteiger partial charge in [-0.05, 0) is 30.2 Å². The van der Waals surface area contributed by atoms with Crippen LogP contribution in [-0.2, 0) is 0 Å². The lowest BCUT2D eigenvalue weighted by Crippen LogP contribution is -2.14. The van der Waals surface area contributed by atoms with E-state index in [0.717, 1.165) is 11.6 Å². The first-order valence-electron chi connectivity index (χ1n) is 7.90. The summed E-state index contributed by atoms with van der Waals surface area (Å²) in [6, 6.07) is 15.9. The van der Waals surface area contributed by atoms with Gasteiger partial charge in [0, 0.05) is 11.1 Å². The van der Waals surface area contributed by atoms with E-state index in [1.807, 2.05) is 0 Å². The van der Waals surface area contributed by atoms with Gasteiger partial charge in [0.2, 0.25) is 0 Å². The molecule has 0 N–H and O–H groups in total. The molecule has 3 aromatic rings. The molecule has 0 aliphatic heterocycles. The summed E-state index contributed by atoms with van der Waals surface area (Å²) in [4.78, 5) is 10.3. The van der Waals surface area contributed by atoms with Gasteiger partial charge in [-0.15, -0.1) is 0 Å². The van der Waals surface area contributed by atoms with Crippen LogP contribution in [0.25, 0.3) is 11.1 Å². The van der Waals surface area contributed by atoms with Crippen LogP contribution < -0.4 is 0 Å². The standard InChI is InChI=1S/C20H15F5OS/c1-14-7-9-15(10-8-14)17-11-12-18(19(13-17)27(21,22,23,24)25)20(26)16-5-3-2-4-6-16/h2-13H,1H3. The maximum atomic E-state index is 13.7. The number of carbonyl (C=O) groups excluding carboxylic acids is 1. The van der Waals surface area contributed by atoms with Gasteiger partial charge in [0.25, 0.3) is 0 Å². The molecule has 0 aliphatic carbocycles. The highest BCUT2D eigenvalue weighted by atomic mass is 32.5. The van der Waals surface area contributed by atoms with E-state index in [1.54, 1.807) is 37.3 Å². The summed E-state index contributed by atoms with van der Waals surface area (Å²) in [6.07, 6.45) is 0. The van der Waals surface area contributed by atoms with E-state index in [2.05, 4.69) is 0 Å². The van der Waals surface area contributed by atoms with Crippen LogP contribution in [0.2, 0.25) is 0 Å². The molecule has 0 amide bonds. The molecule has 1 nitrogen and oxygen atoms in total. The molecule has 0 saturated carbocycles. The Morgan fingerprint density at radius 1 is 0.741 bits per heavy atom. The van der Waals surface area contributed by atoms with Gasteiger partial charge in [0.15, 0.2) is 5.78 Å². The fourth-order valence-electron chi connectivity index (χ4n) is 2.70. The van der Waals surface area contributed by atoms with Crippen molar-refractivity contribution >= 4 is 16.0 Å². The summed E-state index contributed by atoms with van der Waals surface area (Å²) in [5.74, 6) is -1.10. The first-order valence-corrected chi connectivity index (χ1v) is 9.85. The van der Waals surface area contributed by atoms with Crippen molar-refractivity contribution in [1.82, 2.24) is 0 Å². The van der Waals surface area contributed by atoms with Crippen molar-refractivity contribution in [1.29, 1.82) is 0 Å². The van der Waals surface area contributed by atoms with Crippen molar-refractivity contribution in [3.8, 4) is 11.1 Å². The average Bonchev–Trinajstić information content (AvgIpc) is 2.60. The molecule has 27 heavy (non-hydrogen) atoms. The zero-order valence-corrected chi connectivity index (χ0v) is 15.0. The summed E-state index contributed by atoms with van der Waals surface area (Å²) in [6.45, 7) is 1.80. The third-order valence-electron chi connectivity index (χ3n) is 4.06. The molecule has 0 radical (unpaired) electrons. The third-order valence-corrected chi connectivity index (χ3v) is 5.23. The van der Waals surface area contributed by atoms with Crippen molar-refractivity contribution in [3.05, 3.63) is 89.5 Å². The Morgan fingerprint density at radius 2 is 1.30 bits per heavy atom. The monoisotopic (exact) mass is 398 g/mol. The summed E-state index contributed by atoms with van der Waals surface area (Å²) in [5.41, 5.74) is 0.0350. The van der Waals surface area contributed by atoms with Crippen molar-refractivity contribution in [2.75, 3.05) is 0 Å². The average molecular weight is 398 g/mol. The van der Waals surface area contributed by atoms with Crippen LogP contribution in [0.15, 0.2) is 77.7 Å². The Bertz CT molecular complexity index is 1010. The molecule has 0 bridgehead atoms. The zero-order chi connectivity index (χ0) is 19.9. The lowest BCUT2D eigenvalue weighted by molar-refractivity contribution is 0.103. The number of carbonyl (C=O) groups is 1. The Labute approximate surface area is 153 Å². The number of aryl methyl sites for hydroxylation is 1. The molecular weight excluding hydrogens is 383 g/mol. The van der Waals surface area contributed by atoms with E-state index in [9.17, 15) is 24.2 Å². The van der Waals surface area contributed by atoms with Crippen LogP contribution >= 0.6 is 10.2 Å². The SMILES string of the molecule is Cc1ccc(-c2ccc(C(=O)c3ccccc3)c(S(F)(F)(F)(F)F)c2)cc1. The van der Waals surface area contributed by atoms with E-state index in [1.165, 1.54) is 30.3 Å². The van der Waals surface area contributed by atoms with Crippen molar-refractivity contribution in [3.63, 3.8) is 0 Å². The predicted molar refractivity (Wildman–Crippen MR) is 97.9 cm³/mol. The van der Waals surface area contributed by atoms with Gasteiger partial charge in [-0.25, -0.2) is 0 Å². The van der Waals surface area contributed by atoms with Crippen LogP contribution in [0.4, 0.5) is 19.4 Å². The number of hydrogen-bond acceptors (Lipinski definition) is 1. The predicted octanol–water partition coefficient (Wildman–Crippen LogP) is 7.55. The normalized spacial score (nSPS) is 14.3. The Morgan fingerprint density at radius 3 is 1.85 bits per heavy atom. The Hall–Kier alpha value is -2.67. The number of halogens is 5. The second-order valence-electron chi connectivity index (χ2n) is 6.24. The van der Waals surface area contributed by atoms with Gasteiger partial charge in [0.1, 0.15) is 4.90 Å². The van der Waals surface area contributed by atoms with Gasteiger partial charge in [-0.1, -0.05) is 85.7 Å². The minimum Gasteiger partial charge on any atom is -0.289 e. The van der Waals surface area contributed by atoms with Crippen LogP contribution in [0.5, 0.6) is 0 Å². The number of rotatable bonds is 4. The minimum absolute atomic E-state index is 0.0390. The van der Waals surface area contributed by atoms with Crippen molar-refractivity contribution in [2.24, 2.45) is 0 Å². The quantitative estimate of drug-likeness (QED) is 0.327. The molecule has 3 aromatic carbocycles. The second kappa shape index (κ2) is 5.66. The molecule has 0 aliphatic rings. The fourth-order valence-corrected chi connectivity index (χ4v) is 3.63. The first kappa shape index (κ1) is 19.1. The van der Waals surface area contributed by atoms with Crippen LogP contribution in [0, 0.1) is 6.92 Å². The van der Waals surface area contributed by atoms with Crippen molar-refractivity contribution < 1.29 is 24.2 Å². The molecule has 0 aromatic heterocycles. The molecule has 0 heterocycles. The van der Waals surface area contributed by atoms with E-state index in [0.29, 0.717) is 11.6 Å². The molecule has 7 heteroatoms. The topological polar surface area (TPSA) is 17.1 Å². The van der Waals surface area contributed by atoms with Gasteiger partial charge < -0.3 is 0 Å². The molecule has 0 saturated heterocycles. The van der Waals surface area contributed by atoms with E-state index >= 15 is 0 Å². The lowest BCUT2D eigenvalue weighted by Gasteiger charge is -2.41. The second-order valence-corrected chi connectivity index (χ2v) is 8.62. The number of hydrogen-bond donors (Lipinski definition) is 0. The largest absolute Gasteiger partial charge is 0.311 e. The highest BCUT2D eigenvalue weighted by molar-refractivity contribution is 8.45. The Balaban J connectivity index is 2.23. The zero-order valence-electron chi connectivity index (χ0n) is 14.1. The van der Waals surface area contributed by atoms with E-state index < -0.39 is 26.5 Å². The summed E-state index contributed by atoms with van der Waals surface area (Å²) in [5, 5.41) is 0. The lowest BCUT2D eigenvalue weighted by atomic mass is 9.99. The molecule has 0 unspecified atom stereocenters. The van der Waals surface area contributed by atoms with Crippen LogP contribution in [0.1, 0.15) is 21.5 Å². The van der Waals surface area contributed by atoms with E-state index in [-0.39, 0.29) is 11.1 Å². The van der Waals surface area contributed by atoms with Crippen LogP contribution in [0.3, 0.4) is 0 Å². The maximum absolute atomic E-state index is 13.7. The molecular formula is C20H15F5OS. The Kier molecular flexibility index (Phi) is 4.01. The molecule has 3 rings (SSSR count). The van der Waals surface area contributed by atoms with Gasteiger partial charge in [-0.2, -0.15) is 0 Å². The number of ketones is 1. The molecule has 0 fully saturated rings. The highest BCUT2D eigenvalue weighted by Gasteiger charge is 2.67. The van der Waals surface area contributed by atoms with Gasteiger partial charge in [-0.3, -0.25) is 4.79 Å². The van der Waals surface area contributed by atoms with Crippen molar-refractivity contribution in [2.45, 2.75) is 11.8 Å². The van der Waals surface area contributed by atoms with Crippen LogP contribution in [-0.4, -0.2) is 5.78 Å².